The van der Waals surface area contributed by atoms with E-state index in [1.54, 1.807) is 30.3 Å². The lowest BCUT2D eigenvalue weighted by Gasteiger charge is -2.13. The van der Waals surface area contributed by atoms with Gasteiger partial charge in [0.15, 0.2) is 5.75 Å². The normalized spacial score (nSPS) is 11.1. The number of carbonyl (C=O) groups excluding carboxylic acids is 1. The Hall–Kier alpha value is -3.88. The minimum atomic E-state index is -0.458. The number of rotatable bonds is 5. The summed E-state index contributed by atoms with van der Waals surface area (Å²) < 4.78 is 12.6. The number of ether oxygens (including phenoxy) is 1. The van der Waals surface area contributed by atoms with Crippen LogP contribution in [0.15, 0.2) is 76.3 Å². The van der Waals surface area contributed by atoms with Crippen molar-refractivity contribution in [1.82, 2.24) is 14.5 Å². The van der Waals surface area contributed by atoms with E-state index in [-0.39, 0.29) is 23.0 Å². The van der Waals surface area contributed by atoms with Gasteiger partial charge in [-0.25, -0.2) is 9.97 Å². The maximum absolute atomic E-state index is 12.8. The first kappa shape index (κ1) is 21.0. The standard InChI is InChI=1S/C23H14Cl2N4O4/c24-13-9-15(25)22(26-10-13)33-18-8-4-2-6-16(18)28-19(30)11-29-12-27-20-14-5-1-3-7-17(14)32-21(20)23(29)31/h1-10,12H,11H2,(H,28,30). The molecule has 3 heterocycles. The van der Waals surface area contributed by atoms with E-state index in [2.05, 4.69) is 15.3 Å². The van der Waals surface area contributed by atoms with Crippen molar-refractivity contribution in [3.8, 4) is 11.6 Å². The van der Waals surface area contributed by atoms with E-state index in [0.29, 0.717) is 27.6 Å². The highest BCUT2D eigenvalue weighted by Gasteiger charge is 2.16. The second-order valence-corrected chi connectivity index (χ2v) is 7.88. The number of para-hydroxylation sites is 3. The summed E-state index contributed by atoms with van der Waals surface area (Å²) in [6.07, 6.45) is 2.73. The number of amides is 1. The van der Waals surface area contributed by atoms with Gasteiger partial charge in [-0.1, -0.05) is 47.5 Å². The number of hydrogen-bond acceptors (Lipinski definition) is 6. The van der Waals surface area contributed by atoms with Gasteiger partial charge in [0.25, 0.3) is 5.56 Å². The molecule has 1 N–H and O–H groups in total. The zero-order valence-corrected chi connectivity index (χ0v) is 18.3. The Bertz CT molecular complexity index is 1580. The zero-order valence-electron chi connectivity index (χ0n) is 16.8. The number of aromatic nitrogens is 3. The highest BCUT2D eigenvalue weighted by molar-refractivity contribution is 6.35. The molecule has 0 aliphatic rings. The van der Waals surface area contributed by atoms with Gasteiger partial charge in [0, 0.05) is 11.6 Å². The molecular formula is C23H14Cl2N4O4. The quantitative estimate of drug-likeness (QED) is 0.367. The van der Waals surface area contributed by atoms with Crippen molar-refractivity contribution in [3.63, 3.8) is 0 Å². The number of carbonyl (C=O) groups is 1. The summed E-state index contributed by atoms with van der Waals surface area (Å²) >= 11 is 12.0. The van der Waals surface area contributed by atoms with E-state index in [4.69, 9.17) is 32.4 Å². The number of nitrogens with one attached hydrogen (secondary N) is 1. The van der Waals surface area contributed by atoms with Gasteiger partial charge in [-0.05, 0) is 30.3 Å². The van der Waals surface area contributed by atoms with Crippen LogP contribution < -0.4 is 15.6 Å². The Balaban J connectivity index is 1.38. The van der Waals surface area contributed by atoms with Crippen molar-refractivity contribution < 1.29 is 13.9 Å². The van der Waals surface area contributed by atoms with Crippen LogP contribution in [0.1, 0.15) is 0 Å². The third-order valence-electron chi connectivity index (χ3n) is 4.81. The van der Waals surface area contributed by atoms with Crippen molar-refractivity contribution in [2.45, 2.75) is 6.54 Å². The number of furan rings is 1. The minimum absolute atomic E-state index is 0.0960. The van der Waals surface area contributed by atoms with Gasteiger partial charge in [-0.3, -0.25) is 14.2 Å². The van der Waals surface area contributed by atoms with Crippen LogP contribution in [0.4, 0.5) is 5.69 Å². The van der Waals surface area contributed by atoms with Crippen molar-refractivity contribution >= 4 is 56.9 Å². The molecule has 0 fully saturated rings. The number of fused-ring (bicyclic) bond motifs is 3. The molecule has 164 valence electrons. The van der Waals surface area contributed by atoms with Gasteiger partial charge in [-0.15, -0.1) is 0 Å². The van der Waals surface area contributed by atoms with Gasteiger partial charge in [0.2, 0.25) is 17.4 Å². The van der Waals surface area contributed by atoms with E-state index in [0.717, 1.165) is 5.39 Å². The van der Waals surface area contributed by atoms with Gasteiger partial charge >= 0.3 is 0 Å². The molecule has 0 saturated heterocycles. The SMILES string of the molecule is O=C(Cn1cnc2c(oc3ccccc32)c1=O)Nc1ccccc1Oc1ncc(Cl)cc1Cl. The maximum atomic E-state index is 12.8. The molecule has 0 bridgehead atoms. The predicted octanol–water partition coefficient (Wildman–Crippen LogP) is 5.28. The molecule has 5 aromatic rings. The molecule has 0 radical (unpaired) electrons. The molecule has 2 aromatic carbocycles. The fourth-order valence-corrected chi connectivity index (χ4v) is 3.73. The van der Waals surface area contributed by atoms with Crippen molar-refractivity contribution in [2.24, 2.45) is 0 Å². The lowest BCUT2D eigenvalue weighted by atomic mass is 10.2. The highest BCUT2D eigenvalue weighted by atomic mass is 35.5. The first-order valence-electron chi connectivity index (χ1n) is 9.74. The summed E-state index contributed by atoms with van der Waals surface area (Å²) in [5.74, 6) is -0.000115. The summed E-state index contributed by atoms with van der Waals surface area (Å²) in [4.78, 5) is 33.9. The van der Waals surface area contributed by atoms with Gasteiger partial charge < -0.3 is 14.5 Å². The summed E-state index contributed by atoms with van der Waals surface area (Å²) in [5, 5.41) is 4.06. The minimum Gasteiger partial charge on any atom is -0.448 e. The van der Waals surface area contributed by atoms with Crippen LogP contribution in [-0.2, 0) is 11.3 Å². The Morgan fingerprint density at radius 3 is 2.73 bits per heavy atom. The fourth-order valence-electron chi connectivity index (χ4n) is 3.31. The van der Waals surface area contributed by atoms with Crippen LogP contribution in [0.25, 0.3) is 22.1 Å². The molecule has 0 saturated carbocycles. The van der Waals surface area contributed by atoms with Crippen LogP contribution in [0.5, 0.6) is 11.6 Å². The van der Waals surface area contributed by atoms with Crippen LogP contribution in [0.3, 0.4) is 0 Å². The molecule has 0 unspecified atom stereocenters. The molecule has 10 heteroatoms. The van der Waals surface area contributed by atoms with E-state index >= 15 is 0 Å². The van der Waals surface area contributed by atoms with Crippen molar-refractivity contribution in [2.75, 3.05) is 5.32 Å². The summed E-state index contributed by atoms with van der Waals surface area (Å²) in [6, 6.07) is 15.5. The molecule has 0 spiro atoms. The van der Waals surface area contributed by atoms with Crippen LogP contribution in [0, 0.1) is 0 Å². The van der Waals surface area contributed by atoms with Gasteiger partial charge in [-0.2, -0.15) is 0 Å². The molecule has 0 aliphatic heterocycles. The summed E-state index contributed by atoms with van der Waals surface area (Å²) in [6.45, 7) is -0.271. The monoisotopic (exact) mass is 480 g/mol. The first-order valence-corrected chi connectivity index (χ1v) is 10.5. The van der Waals surface area contributed by atoms with Gasteiger partial charge in [0.1, 0.15) is 22.7 Å². The van der Waals surface area contributed by atoms with Crippen LogP contribution in [0.2, 0.25) is 10.0 Å². The fraction of sp³-hybridized carbons (Fsp3) is 0.0435. The Labute approximate surface area is 196 Å². The average Bonchev–Trinajstić information content (AvgIpc) is 3.18. The zero-order chi connectivity index (χ0) is 22.9. The van der Waals surface area contributed by atoms with Crippen molar-refractivity contribution in [3.05, 3.63) is 87.5 Å². The van der Waals surface area contributed by atoms with Crippen LogP contribution >= 0.6 is 23.2 Å². The molecule has 0 atom stereocenters. The molecule has 8 nitrogen and oxygen atoms in total. The van der Waals surface area contributed by atoms with Crippen LogP contribution in [-0.4, -0.2) is 20.4 Å². The van der Waals surface area contributed by atoms with E-state index in [9.17, 15) is 9.59 Å². The second-order valence-electron chi connectivity index (χ2n) is 7.04. The molecule has 3 aromatic heterocycles. The summed E-state index contributed by atoms with van der Waals surface area (Å²) in [5.41, 5.74) is 1.03. The number of hydrogen-bond donors (Lipinski definition) is 1. The lowest BCUT2D eigenvalue weighted by Crippen LogP contribution is -2.27. The molecule has 1 amide bonds. The van der Waals surface area contributed by atoms with E-state index in [1.165, 1.54) is 23.2 Å². The average molecular weight is 481 g/mol. The lowest BCUT2D eigenvalue weighted by molar-refractivity contribution is -0.116. The largest absolute Gasteiger partial charge is 0.448 e. The predicted molar refractivity (Wildman–Crippen MR) is 125 cm³/mol. The molecular weight excluding hydrogens is 467 g/mol. The van der Waals surface area contributed by atoms with Gasteiger partial charge in [0.05, 0.1) is 17.0 Å². The molecule has 33 heavy (non-hydrogen) atoms. The number of anilines is 1. The van der Waals surface area contributed by atoms with Crippen molar-refractivity contribution in [1.29, 1.82) is 0 Å². The van der Waals surface area contributed by atoms with E-state index < -0.39 is 11.5 Å². The second kappa shape index (κ2) is 8.57. The number of halogens is 2. The first-order chi connectivity index (χ1) is 16.0. The smallest absolute Gasteiger partial charge is 0.297 e. The Morgan fingerprint density at radius 1 is 1.09 bits per heavy atom. The highest BCUT2D eigenvalue weighted by Crippen LogP contribution is 2.33. The number of benzene rings is 2. The third-order valence-corrected chi connectivity index (χ3v) is 5.28. The molecule has 5 rings (SSSR count). The topological polar surface area (TPSA) is 99.2 Å². The Morgan fingerprint density at radius 2 is 1.88 bits per heavy atom. The third kappa shape index (κ3) is 4.13. The number of pyridine rings is 1. The molecule has 0 aliphatic carbocycles. The summed E-state index contributed by atoms with van der Waals surface area (Å²) in [7, 11) is 0. The van der Waals surface area contributed by atoms with E-state index in [1.807, 2.05) is 18.2 Å². The maximum Gasteiger partial charge on any atom is 0.297 e. The number of nitrogens with zero attached hydrogens (tertiary/aromatic N) is 3. The Kier molecular flexibility index (Phi) is 5.45.